The highest BCUT2D eigenvalue weighted by Gasteiger charge is 1.98. The first-order valence-corrected chi connectivity index (χ1v) is 6.48. The third kappa shape index (κ3) is 7.98. The quantitative estimate of drug-likeness (QED) is 0.597. The van der Waals surface area contributed by atoms with Crippen molar-refractivity contribution in [2.24, 2.45) is 0 Å². The first kappa shape index (κ1) is 17.2. The molecule has 0 saturated heterocycles. The fraction of sp³-hybridized carbons (Fsp3) is 0.353. The molecule has 0 fully saturated rings. The summed E-state index contributed by atoms with van der Waals surface area (Å²) in [4.78, 5) is 10.2. The second-order valence-corrected chi connectivity index (χ2v) is 4.16. The fourth-order valence-corrected chi connectivity index (χ4v) is 1.45. The van der Waals surface area contributed by atoms with E-state index >= 15 is 0 Å². The number of hydrogen-bond acceptors (Lipinski definition) is 2. The van der Waals surface area contributed by atoms with Crippen LogP contribution in [0.15, 0.2) is 42.5 Å². The van der Waals surface area contributed by atoms with Crippen LogP contribution in [-0.4, -0.2) is 12.9 Å². The molecule has 0 atom stereocenters. The van der Waals surface area contributed by atoms with Crippen molar-refractivity contribution in [3.05, 3.63) is 53.6 Å². The van der Waals surface area contributed by atoms with Crippen molar-refractivity contribution in [1.29, 1.82) is 0 Å². The van der Waals surface area contributed by atoms with Crippen molar-refractivity contribution in [2.75, 3.05) is 7.11 Å². The highest BCUT2D eigenvalue weighted by molar-refractivity contribution is 5.87. The molecule has 0 saturated carbocycles. The SMILES string of the molecule is C/C=C\C=C/C(C)=O.CCc1ccc(C)cc1OC. The zero-order valence-electron chi connectivity index (χ0n) is 12.6. The van der Waals surface area contributed by atoms with Crippen molar-refractivity contribution in [1.82, 2.24) is 0 Å². The zero-order chi connectivity index (χ0) is 14.7. The summed E-state index contributed by atoms with van der Waals surface area (Å²) < 4.78 is 5.22. The second-order valence-electron chi connectivity index (χ2n) is 4.16. The van der Waals surface area contributed by atoms with Crippen LogP contribution in [0.5, 0.6) is 5.75 Å². The smallest absolute Gasteiger partial charge is 0.152 e. The van der Waals surface area contributed by atoms with Crippen LogP contribution in [0.1, 0.15) is 31.9 Å². The molecule has 0 aliphatic heterocycles. The molecule has 2 nitrogen and oxygen atoms in total. The van der Waals surface area contributed by atoms with E-state index in [9.17, 15) is 4.79 Å². The Hall–Kier alpha value is -1.83. The number of hydrogen-bond donors (Lipinski definition) is 0. The van der Waals surface area contributed by atoms with Crippen molar-refractivity contribution in [3.8, 4) is 5.75 Å². The Kier molecular flexibility index (Phi) is 9.15. The average Bonchev–Trinajstić information content (AvgIpc) is 2.39. The molecule has 0 bridgehead atoms. The zero-order valence-corrected chi connectivity index (χ0v) is 12.6. The molecule has 0 N–H and O–H groups in total. The van der Waals surface area contributed by atoms with Crippen LogP contribution in [0.4, 0.5) is 0 Å². The lowest BCUT2D eigenvalue weighted by Gasteiger charge is -2.06. The van der Waals surface area contributed by atoms with Gasteiger partial charge in [-0.05, 0) is 50.5 Å². The van der Waals surface area contributed by atoms with Crippen molar-refractivity contribution < 1.29 is 9.53 Å². The molecule has 0 aliphatic carbocycles. The van der Waals surface area contributed by atoms with E-state index in [1.165, 1.54) is 24.1 Å². The summed E-state index contributed by atoms with van der Waals surface area (Å²) in [6.07, 6.45) is 7.98. The molecular weight excluding hydrogens is 236 g/mol. The maximum absolute atomic E-state index is 10.2. The molecular formula is C17H24O2. The largest absolute Gasteiger partial charge is 0.496 e. The van der Waals surface area contributed by atoms with E-state index in [4.69, 9.17) is 4.74 Å². The van der Waals surface area contributed by atoms with Crippen LogP contribution in [-0.2, 0) is 11.2 Å². The van der Waals surface area contributed by atoms with E-state index in [2.05, 4.69) is 32.0 Å². The lowest BCUT2D eigenvalue weighted by atomic mass is 10.1. The van der Waals surface area contributed by atoms with Gasteiger partial charge in [-0.3, -0.25) is 4.79 Å². The van der Waals surface area contributed by atoms with Gasteiger partial charge in [-0.15, -0.1) is 0 Å². The summed E-state index contributed by atoms with van der Waals surface area (Å²) in [5, 5.41) is 0. The van der Waals surface area contributed by atoms with Crippen molar-refractivity contribution in [3.63, 3.8) is 0 Å². The van der Waals surface area contributed by atoms with Gasteiger partial charge in [0.2, 0.25) is 0 Å². The van der Waals surface area contributed by atoms with Crippen LogP contribution in [0.2, 0.25) is 0 Å². The molecule has 19 heavy (non-hydrogen) atoms. The molecule has 2 heteroatoms. The fourth-order valence-electron chi connectivity index (χ4n) is 1.45. The predicted molar refractivity (Wildman–Crippen MR) is 81.7 cm³/mol. The van der Waals surface area contributed by atoms with Crippen LogP contribution < -0.4 is 4.74 Å². The van der Waals surface area contributed by atoms with Crippen LogP contribution in [0.25, 0.3) is 0 Å². The van der Waals surface area contributed by atoms with E-state index in [-0.39, 0.29) is 5.78 Å². The molecule has 0 amide bonds. The topological polar surface area (TPSA) is 26.3 Å². The first-order valence-electron chi connectivity index (χ1n) is 6.48. The summed E-state index contributed by atoms with van der Waals surface area (Å²) in [6.45, 7) is 7.64. The third-order valence-corrected chi connectivity index (χ3v) is 2.46. The number of rotatable bonds is 4. The summed E-state index contributed by atoms with van der Waals surface area (Å²) >= 11 is 0. The number of ketones is 1. The van der Waals surface area contributed by atoms with E-state index < -0.39 is 0 Å². The normalized spacial score (nSPS) is 10.4. The number of aryl methyl sites for hydroxylation is 2. The maximum atomic E-state index is 10.2. The molecule has 0 aromatic heterocycles. The minimum absolute atomic E-state index is 0.0862. The maximum Gasteiger partial charge on any atom is 0.152 e. The number of carbonyl (C=O) groups is 1. The first-order chi connectivity index (χ1) is 9.04. The van der Waals surface area contributed by atoms with E-state index in [0.29, 0.717) is 0 Å². The van der Waals surface area contributed by atoms with Gasteiger partial charge in [-0.2, -0.15) is 0 Å². The Morgan fingerprint density at radius 2 is 2.00 bits per heavy atom. The molecule has 0 radical (unpaired) electrons. The molecule has 0 unspecified atom stereocenters. The Morgan fingerprint density at radius 3 is 2.47 bits per heavy atom. The molecule has 1 aromatic rings. The third-order valence-electron chi connectivity index (χ3n) is 2.46. The Bertz CT molecular complexity index is 443. The predicted octanol–water partition coefficient (Wildman–Crippen LogP) is 4.27. The molecule has 0 spiro atoms. The van der Waals surface area contributed by atoms with Crippen LogP contribution in [0.3, 0.4) is 0 Å². The minimum atomic E-state index is 0.0862. The molecule has 1 aromatic carbocycles. The van der Waals surface area contributed by atoms with E-state index in [1.807, 2.05) is 19.1 Å². The number of methoxy groups -OCH3 is 1. The minimum Gasteiger partial charge on any atom is -0.496 e. The van der Waals surface area contributed by atoms with Gasteiger partial charge in [-0.25, -0.2) is 0 Å². The van der Waals surface area contributed by atoms with Gasteiger partial charge in [0.25, 0.3) is 0 Å². The highest BCUT2D eigenvalue weighted by atomic mass is 16.5. The number of allylic oxidation sites excluding steroid dienone is 4. The van der Waals surface area contributed by atoms with Crippen LogP contribution >= 0.6 is 0 Å². The molecule has 1 rings (SSSR count). The monoisotopic (exact) mass is 260 g/mol. The lowest BCUT2D eigenvalue weighted by Crippen LogP contribution is -1.90. The lowest BCUT2D eigenvalue weighted by molar-refractivity contribution is -0.112. The summed E-state index contributed by atoms with van der Waals surface area (Å²) in [7, 11) is 1.72. The Morgan fingerprint density at radius 1 is 1.32 bits per heavy atom. The number of carbonyl (C=O) groups excluding carboxylic acids is 1. The van der Waals surface area contributed by atoms with Gasteiger partial charge in [0.05, 0.1) is 7.11 Å². The Balaban J connectivity index is 0.000000362. The molecule has 104 valence electrons. The Labute approximate surface area is 116 Å². The standard InChI is InChI=1S/C10H14O.C7H10O/c1-4-9-6-5-8(2)7-10(9)11-3;1-3-4-5-6-7(2)8/h5-7H,4H2,1-3H3;3-6H,1-2H3/b;4-3-,6-5-. The van der Waals surface area contributed by atoms with Gasteiger partial charge in [-0.1, -0.05) is 37.3 Å². The highest BCUT2D eigenvalue weighted by Crippen LogP contribution is 2.19. The van der Waals surface area contributed by atoms with Crippen LogP contribution in [0, 0.1) is 6.92 Å². The van der Waals surface area contributed by atoms with Gasteiger partial charge in [0.1, 0.15) is 5.75 Å². The van der Waals surface area contributed by atoms with Crippen molar-refractivity contribution >= 4 is 5.78 Å². The van der Waals surface area contributed by atoms with Gasteiger partial charge in [0, 0.05) is 0 Å². The second kappa shape index (κ2) is 10.1. The van der Waals surface area contributed by atoms with Crippen molar-refractivity contribution in [2.45, 2.75) is 34.1 Å². The van der Waals surface area contributed by atoms with Gasteiger partial charge in [0.15, 0.2) is 5.78 Å². The number of benzene rings is 1. The summed E-state index contributed by atoms with van der Waals surface area (Å²) in [6, 6.07) is 6.30. The van der Waals surface area contributed by atoms with Gasteiger partial charge < -0.3 is 4.74 Å². The van der Waals surface area contributed by atoms with E-state index in [0.717, 1.165) is 12.2 Å². The van der Waals surface area contributed by atoms with E-state index in [1.54, 1.807) is 13.2 Å². The average molecular weight is 260 g/mol. The summed E-state index contributed by atoms with van der Waals surface area (Å²) in [5.74, 6) is 1.09. The molecule has 0 heterocycles. The summed E-state index contributed by atoms with van der Waals surface area (Å²) in [5.41, 5.74) is 2.53. The number of ether oxygens (including phenoxy) is 1. The van der Waals surface area contributed by atoms with Gasteiger partial charge >= 0.3 is 0 Å². The molecule has 0 aliphatic rings.